The van der Waals surface area contributed by atoms with Crippen molar-refractivity contribution in [3.63, 3.8) is 0 Å². The highest BCUT2D eigenvalue weighted by atomic mass is 16.6. The first-order valence-corrected chi connectivity index (χ1v) is 6.18. The number of carbonyl (C=O) groups is 2. The van der Waals surface area contributed by atoms with E-state index in [0.29, 0.717) is 5.84 Å². The minimum Gasteiger partial charge on any atom is -0.444 e. The summed E-state index contributed by atoms with van der Waals surface area (Å²) < 4.78 is 5.20. The highest BCUT2D eigenvalue weighted by molar-refractivity contribution is 5.96. The first-order chi connectivity index (χ1) is 8.45. The zero-order valence-electron chi connectivity index (χ0n) is 13.1. The number of carbonyl (C=O) groups excluding carboxylic acids is 2. The van der Waals surface area contributed by atoms with Gasteiger partial charge in [0.05, 0.1) is 0 Å². The molecule has 1 atom stereocenters. The molecule has 0 fully saturated rings. The van der Waals surface area contributed by atoms with Crippen molar-refractivity contribution < 1.29 is 14.3 Å². The summed E-state index contributed by atoms with van der Waals surface area (Å²) in [4.78, 5) is 30.6. The molecular weight excluding hydrogens is 246 g/mol. The first-order valence-electron chi connectivity index (χ1n) is 6.18. The Balaban J connectivity index is 4.74. The summed E-state index contributed by atoms with van der Waals surface area (Å²) in [6.07, 6.45) is -0.536. The number of amides is 2. The van der Waals surface area contributed by atoms with Gasteiger partial charge < -0.3 is 9.64 Å². The lowest BCUT2D eigenvalue weighted by Crippen LogP contribution is -2.43. The molecule has 0 unspecified atom stereocenters. The summed E-state index contributed by atoms with van der Waals surface area (Å²) in [6.45, 7) is 8.69. The number of rotatable bonds is 2. The third-order valence-corrected chi connectivity index (χ3v) is 2.54. The van der Waals surface area contributed by atoms with Gasteiger partial charge in [0.1, 0.15) is 17.5 Å². The lowest BCUT2D eigenvalue weighted by molar-refractivity contribution is -0.122. The topological polar surface area (TPSA) is 62.2 Å². The van der Waals surface area contributed by atoms with Crippen LogP contribution in [0.3, 0.4) is 0 Å². The maximum absolute atomic E-state index is 11.9. The van der Waals surface area contributed by atoms with Gasteiger partial charge in [0.15, 0.2) is 0 Å². The van der Waals surface area contributed by atoms with E-state index < -0.39 is 17.7 Å². The molecule has 0 radical (unpaired) electrons. The Hall–Kier alpha value is -1.59. The maximum Gasteiger partial charge on any atom is 0.410 e. The first kappa shape index (κ1) is 17.4. The van der Waals surface area contributed by atoms with E-state index in [1.165, 1.54) is 11.9 Å². The number of hydrogen-bond donors (Lipinski definition) is 0. The van der Waals surface area contributed by atoms with Crippen molar-refractivity contribution in [1.82, 2.24) is 9.80 Å². The minimum absolute atomic E-state index is 0.375. The summed E-state index contributed by atoms with van der Waals surface area (Å²) in [7, 11) is 5.12. The van der Waals surface area contributed by atoms with Crippen molar-refractivity contribution >= 4 is 17.8 Å². The van der Waals surface area contributed by atoms with Crippen LogP contribution in [0.1, 0.15) is 34.6 Å². The molecule has 0 aromatic carbocycles. The number of hydrogen-bond acceptors (Lipinski definition) is 3. The SMILES string of the molecule is C/C(=N\C(=O)[C@H](C)N(C)C(=O)OC(C)(C)C)N(C)C. The fourth-order valence-corrected chi connectivity index (χ4v) is 1.01. The Bertz CT molecular complexity index is 370. The number of ether oxygens (including phenoxy) is 1. The smallest absolute Gasteiger partial charge is 0.410 e. The van der Waals surface area contributed by atoms with Gasteiger partial charge in [-0.1, -0.05) is 0 Å². The van der Waals surface area contributed by atoms with Crippen LogP contribution in [-0.4, -0.2) is 60.4 Å². The van der Waals surface area contributed by atoms with Gasteiger partial charge >= 0.3 is 6.09 Å². The predicted octanol–water partition coefficient (Wildman–Crippen LogP) is 1.75. The van der Waals surface area contributed by atoms with Crippen LogP contribution < -0.4 is 0 Å². The normalized spacial score (nSPS) is 13.8. The molecule has 0 aromatic heterocycles. The monoisotopic (exact) mass is 271 g/mol. The van der Waals surface area contributed by atoms with Gasteiger partial charge in [-0.2, -0.15) is 4.99 Å². The summed E-state index contributed by atoms with van der Waals surface area (Å²) in [5.41, 5.74) is -0.586. The highest BCUT2D eigenvalue weighted by Crippen LogP contribution is 2.11. The number of nitrogens with zero attached hydrogens (tertiary/aromatic N) is 3. The molecule has 0 aliphatic rings. The standard InChI is InChI=1S/C13H25N3O3/c1-9(11(17)14-10(2)15(6)7)16(8)12(18)19-13(3,4)5/h9H,1-8H3/b14-10+/t9-/m0/s1. The van der Waals surface area contributed by atoms with E-state index in [4.69, 9.17) is 4.74 Å². The lowest BCUT2D eigenvalue weighted by Gasteiger charge is -2.27. The molecule has 0 saturated carbocycles. The molecule has 0 aromatic rings. The van der Waals surface area contributed by atoms with Gasteiger partial charge in [0.2, 0.25) is 0 Å². The Morgan fingerprint density at radius 2 is 1.63 bits per heavy atom. The third kappa shape index (κ3) is 6.22. The van der Waals surface area contributed by atoms with Crippen LogP contribution in [0, 0.1) is 0 Å². The van der Waals surface area contributed by atoms with Crippen molar-refractivity contribution in [2.24, 2.45) is 4.99 Å². The third-order valence-electron chi connectivity index (χ3n) is 2.54. The van der Waals surface area contributed by atoms with Gasteiger partial charge in [-0.15, -0.1) is 0 Å². The van der Waals surface area contributed by atoms with Crippen LogP contribution in [0.5, 0.6) is 0 Å². The molecule has 0 saturated heterocycles. The zero-order valence-corrected chi connectivity index (χ0v) is 13.1. The molecule has 19 heavy (non-hydrogen) atoms. The summed E-state index contributed by atoms with van der Waals surface area (Å²) in [6, 6.07) is -0.662. The number of likely N-dealkylation sites (N-methyl/N-ethyl adjacent to an activating group) is 1. The molecule has 0 spiro atoms. The quantitative estimate of drug-likeness (QED) is 0.567. The number of amidine groups is 1. The summed E-state index contributed by atoms with van der Waals surface area (Å²) in [5.74, 6) is 0.217. The molecule has 0 aliphatic carbocycles. The molecule has 0 rings (SSSR count). The van der Waals surface area contributed by atoms with E-state index in [1.807, 2.05) is 0 Å². The van der Waals surface area contributed by atoms with E-state index in [1.54, 1.807) is 53.6 Å². The zero-order chi connectivity index (χ0) is 15.4. The fraction of sp³-hybridized carbons (Fsp3) is 0.769. The van der Waals surface area contributed by atoms with Crippen LogP contribution in [-0.2, 0) is 9.53 Å². The van der Waals surface area contributed by atoms with Crippen LogP contribution in [0.4, 0.5) is 4.79 Å². The summed E-state index contributed by atoms with van der Waals surface area (Å²) in [5, 5.41) is 0. The highest BCUT2D eigenvalue weighted by Gasteiger charge is 2.26. The molecule has 6 heteroatoms. The Labute approximate surface area is 115 Å². The molecule has 110 valence electrons. The second-order valence-corrected chi connectivity index (χ2v) is 5.66. The number of aliphatic imine (C=N–C) groups is 1. The second kappa shape index (κ2) is 6.54. The fourth-order valence-electron chi connectivity index (χ4n) is 1.01. The van der Waals surface area contributed by atoms with Crippen molar-refractivity contribution in [2.45, 2.75) is 46.3 Å². The average Bonchev–Trinajstić information content (AvgIpc) is 2.24. The largest absolute Gasteiger partial charge is 0.444 e. The minimum atomic E-state index is -0.662. The predicted molar refractivity (Wildman–Crippen MR) is 75.3 cm³/mol. The molecule has 0 heterocycles. The van der Waals surface area contributed by atoms with Crippen LogP contribution >= 0.6 is 0 Å². The molecule has 0 N–H and O–H groups in total. The van der Waals surface area contributed by atoms with E-state index in [-0.39, 0.29) is 5.91 Å². The van der Waals surface area contributed by atoms with Gasteiger partial charge in [-0.05, 0) is 34.6 Å². The van der Waals surface area contributed by atoms with Crippen molar-refractivity contribution in [3.8, 4) is 0 Å². The Kier molecular flexibility index (Phi) is 5.99. The van der Waals surface area contributed by atoms with Crippen LogP contribution in [0.2, 0.25) is 0 Å². The van der Waals surface area contributed by atoms with Crippen LogP contribution in [0.15, 0.2) is 4.99 Å². The van der Waals surface area contributed by atoms with E-state index >= 15 is 0 Å². The van der Waals surface area contributed by atoms with Gasteiger partial charge in [-0.3, -0.25) is 9.69 Å². The summed E-state index contributed by atoms with van der Waals surface area (Å²) >= 11 is 0. The lowest BCUT2D eigenvalue weighted by atomic mass is 10.2. The Morgan fingerprint density at radius 3 is 2.00 bits per heavy atom. The van der Waals surface area contributed by atoms with Crippen LogP contribution in [0.25, 0.3) is 0 Å². The molecule has 2 amide bonds. The average molecular weight is 271 g/mol. The van der Waals surface area contributed by atoms with Gasteiger partial charge in [0.25, 0.3) is 5.91 Å². The molecule has 0 aliphatic heterocycles. The Morgan fingerprint density at radius 1 is 1.16 bits per heavy atom. The van der Waals surface area contributed by atoms with E-state index in [0.717, 1.165) is 0 Å². The van der Waals surface area contributed by atoms with Gasteiger partial charge in [0, 0.05) is 21.1 Å². The molecule has 6 nitrogen and oxygen atoms in total. The van der Waals surface area contributed by atoms with Gasteiger partial charge in [-0.25, -0.2) is 4.79 Å². The van der Waals surface area contributed by atoms with Crippen molar-refractivity contribution in [1.29, 1.82) is 0 Å². The van der Waals surface area contributed by atoms with E-state index in [2.05, 4.69) is 4.99 Å². The second-order valence-electron chi connectivity index (χ2n) is 5.66. The molecular formula is C13H25N3O3. The molecule has 0 bridgehead atoms. The maximum atomic E-state index is 11.9. The van der Waals surface area contributed by atoms with E-state index in [9.17, 15) is 9.59 Å². The van der Waals surface area contributed by atoms with Crippen molar-refractivity contribution in [3.05, 3.63) is 0 Å². The van der Waals surface area contributed by atoms with Crippen molar-refractivity contribution in [2.75, 3.05) is 21.1 Å².